The van der Waals surface area contributed by atoms with Gasteiger partial charge < -0.3 is 9.64 Å². The number of amides is 1. The molecule has 136 valence electrons. The highest BCUT2D eigenvalue weighted by Crippen LogP contribution is 2.11. The Morgan fingerprint density at radius 2 is 1.39 bits per heavy atom. The number of carbonyl (C=O) groups is 2. The highest BCUT2D eigenvalue weighted by molar-refractivity contribution is 5.77. The average Bonchev–Trinajstić information content (AvgIpc) is 2.50. The van der Waals surface area contributed by atoms with Crippen LogP contribution in [-0.4, -0.2) is 36.5 Å². The molecule has 0 aromatic carbocycles. The lowest BCUT2D eigenvalue weighted by Crippen LogP contribution is -2.29. The Morgan fingerprint density at radius 1 is 0.870 bits per heavy atom. The third kappa shape index (κ3) is 14.3. The van der Waals surface area contributed by atoms with Crippen LogP contribution in [0.3, 0.4) is 0 Å². The molecule has 0 radical (unpaired) electrons. The van der Waals surface area contributed by atoms with Gasteiger partial charge in [0.2, 0.25) is 5.91 Å². The van der Waals surface area contributed by atoms with Crippen molar-refractivity contribution in [2.24, 2.45) is 0 Å². The maximum atomic E-state index is 12.0. The molecule has 0 aliphatic rings. The maximum Gasteiger partial charge on any atom is 0.307 e. The fraction of sp³-hybridized carbons (Fsp3) is 0.895. The van der Waals surface area contributed by atoms with Gasteiger partial charge in [0.25, 0.3) is 0 Å². The Hall–Kier alpha value is -1.06. The van der Waals surface area contributed by atoms with Crippen molar-refractivity contribution >= 4 is 11.9 Å². The minimum atomic E-state index is -0.234. The predicted octanol–water partition coefficient (Wildman–Crippen LogP) is 4.71. The summed E-state index contributed by atoms with van der Waals surface area (Å²) >= 11 is 0. The van der Waals surface area contributed by atoms with Gasteiger partial charge in [-0.2, -0.15) is 0 Å². The number of unbranched alkanes of at least 4 members (excludes halogenated alkanes) is 8. The summed E-state index contributed by atoms with van der Waals surface area (Å²) in [6, 6.07) is 0. The fourth-order valence-electron chi connectivity index (χ4n) is 2.48. The first-order chi connectivity index (χ1) is 11.0. The zero-order chi connectivity index (χ0) is 17.5. The van der Waals surface area contributed by atoms with Gasteiger partial charge in [-0.15, -0.1) is 0 Å². The maximum absolute atomic E-state index is 12.0. The number of nitrogens with zero attached hydrogens (tertiary/aromatic N) is 1. The Morgan fingerprint density at radius 3 is 1.91 bits per heavy atom. The quantitative estimate of drug-likeness (QED) is 0.343. The van der Waals surface area contributed by atoms with E-state index in [0.717, 1.165) is 12.8 Å². The normalized spacial score (nSPS) is 10.8. The summed E-state index contributed by atoms with van der Waals surface area (Å²) in [7, 11) is 1.76. The lowest BCUT2D eigenvalue weighted by molar-refractivity contribution is -0.148. The lowest BCUT2D eigenvalue weighted by Gasteiger charge is -2.17. The van der Waals surface area contributed by atoms with E-state index < -0.39 is 0 Å². The first kappa shape index (κ1) is 21.9. The second-order valence-electron chi connectivity index (χ2n) is 6.68. The topological polar surface area (TPSA) is 46.6 Å². The molecule has 0 saturated heterocycles. The van der Waals surface area contributed by atoms with E-state index in [-0.39, 0.29) is 24.4 Å². The first-order valence-corrected chi connectivity index (χ1v) is 9.40. The molecule has 4 heteroatoms. The minimum Gasteiger partial charge on any atom is -0.463 e. The molecule has 0 aliphatic carbocycles. The molecule has 0 N–H and O–H groups in total. The summed E-state index contributed by atoms with van der Waals surface area (Å²) < 4.78 is 5.06. The van der Waals surface area contributed by atoms with Crippen molar-refractivity contribution in [3.63, 3.8) is 0 Å². The monoisotopic (exact) mass is 327 g/mol. The number of hydrogen-bond acceptors (Lipinski definition) is 3. The van der Waals surface area contributed by atoms with Gasteiger partial charge in [-0.1, -0.05) is 58.3 Å². The van der Waals surface area contributed by atoms with Crippen LogP contribution in [0.1, 0.15) is 91.4 Å². The van der Waals surface area contributed by atoms with Crippen molar-refractivity contribution in [3.8, 4) is 0 Å². The van der Waals surface area contributed by atoms with E-state index in [1.807, 2.05) is 13.8 Å². The molecule has 0 aromatic heterocycles. The van der Waals surface area contributed by atoms with Gasteiger partial charge >= 0.3 is 5.97 Å². The van der Waals surface area contributed by atoms with Gasteiger partial charge in [0, 0.05) is 20.0 Å². The largest absolute Gasteiger partial charge is 0.463 e. The number of carbonyl (C=O) groups excluding carboxylic acids is 2. The van der Waals surface area contributed by atoms with Crippen LogP contribution in [-0.2, 0) is 14.3 Å². The van der Waals surface area contributed by atoms with E-state index in [1.165, 1.54) is 44.9 Å². The molecule has 23 heavy (non-hydrogen) atoms. The molecule has 1 amide bonds. The number of ether oxygens (including phenoxy) is 1. The Balaban J connectivity index is 3.52. The van der Waals surface area contributed by atoms with Crippen LogP contribution in [0.5, 0.6) is 0 Å². The number of rotatable bonds is 14. The predicted molar refractivity (Wildman–Crippen MR) is 95.3 cm³/mol. The molecule has 0 heterocycles. The Labute approximate surface area is 143 Å². The molecule has 0 spiro atoms. The molecule has 0 aliphatic heterocycles. The van der Waals surface area contributed by atoms with E-state index in [2.05, 4.69) is 6.92 Å². The Kier molecular flexibility index (Phi) is 13.9. The van der Waals surface area contributed by atoms with Crippen LogP contribution in [0.15, 0.2) is 0 Å². The Bertz CT molecular complexity index is 316. The third-order valence-corrected chi connectivity index (χ3v) is 3.94. The van der Waals surface area contributed by atoms with Crippen LogP contribution in [0.4, 0.5) is 0 Å². The number of esters is 1. The van der Waals surface area contributed by atoms with Gasteiger partial charge in [-0.25, -0.2) is 0 Å². The third-order valence-electron chi connectivity index (χ3n) is 3.94. The molecule has 0 bridgehead atoms. The van der Waals surface area contributed by atoms with Crippen molar-refractivity contribution in [2.75, 3.05) is 13.6 Å². The number of hydrogen-bond donors (Lipinski definition) is 0. The van der Waals surface area contributed by atoms with E-state index in [0.29, 0.717) is 13.0 Å². The van der Waals surface area contributed by atoms with Crippen LogP contribution in [0, 0.1) is 0 Å². The van der Waals surface area contributed by atoms with Crippen LogP contribution in [0.2, 0.25) is 0 Å². The van der Waals surface area contributed by atoms with Gasteiger partial charge in [-0.3, -0.25) is 9.59 Å². The van der Waals surface area contributed by atoms with Crippen molar-refractivity contribution in [1.29, 1.82) is 0 Å². The second kappa shape index (κ2) is 14.5. The SMILES string of the molecule is CCCCCCCCCCCC(=O)N(C)CCC(=O)OC(C)C. The zero-order valence-electron chi connectivity index (χ0n) is 15.7. The van der Waals surface area contributed by atoms with Crippen molar-refractivity contribution in [1.82, 2.24) is 4.90 Å². The molecule has 4 nitrogen and oxygen atoms in total. The molecular formula is C19H37NO3. The standard InChI is InChI=1S/C19H37NO3/c1-5-6-7-8-9-10-11-12-13-14-18(21)20(4)16-15-19(22)23-17(2)3/h17H,5-16H2,1-4H3. The lowest BCUT2D eigenvalue weighted by atomic mass is 10.1. The molecule has 0 saturated carbocycles. The molecular weight excluding hydrogens is 290 g/mol. The van der Waals surface area contributed by atoms with Gasteiger partial charge in [-0.05, 0) is 20.3 Å². The van der Waals surface area contributed by atoms with E-state index in [4.69, 9.17) is 4.74 Å². The van der Waals surface area contributed by atoms with Crippen molar-refractivity contribution in [3.05, 3.63) is 0 Å². The average molecular weight is 328 g/mol. The summed E-state index contributed by atoms with van der Waals surface area (Å²) in [6.45, 7) is 6.34. The first-order valence-electron chi connectivity index (χ1n) is 9.40. The molecule has 0 unspecified atom stereocenters. The van der Waals surface area contributed by atoms with Crippen LogP contribution >= 0.6 is 0 Å². The van der Waals surface area contributed by atoms with Gasteiger partial charge in [0.1, 0.15) is 0 Å². The molecule has 0 fully saturated rings. The fourth-order valence-corrected chi connectivity index (χ4v) is 2.48. The van der Waals surface area contributed by atoms with E-state index in [1.54, 1.807) is 11.9 Å². The van der Waals surface area contributed by atoms with Crippen LogP contribution in [0.25, 0.3) is 0 Å². The van der Waals surface area contributed by atoms with E-state index >= 15 is 0 Å². The second-order valence-corrected chi connectivity index (χ2v) is 6.68. The molecule has 0 atom stereocenters. The summed E-state index contributed by atoms with van der Waals surface area (Å²) in [4.78, 5) is 25.1. The van der Waals surface area contributed by atoms with Crippen molar-refractivity contribution < 1.29 is 14.3 Å². The highest BCUT2D eigenvalue weighted by atomic mass is 16.5. The van der Waals surface area contributed by atoms with Crippen LogP contribution < -0.4 is 0 Å². The molecule has 0 rings (SSSR count). The minimum absolute atomic E-state index is 0.0921. The highest BCUT2D eigenvalue weighted by Gasteiger charge is 2.11. The van der Waals surface area contributed by atoms with Gasteiger partial charge in [0.15, 0.2) is 0 Å². The zero-order valence-corrected chi connectivity index (χ0v) is 15.7. The smallest absolute Gasteiger partial charge is 0.307 e. The van der Waals surface area contributed by atoms with E-state index in [9.17, 15) is 9.59 Å². The summed E-state index contributed by atoms with van der Waals surface area (Å²) in [5.74, 6) is -0.104. The summed E-state index contributed by atoms with van der Waals surface area (Å²) in [5, 5.41) is 0. The summed E-state index contributed by atoms with van der Waals surface area (Å²) in [5.41, 5.74) is 0. The molecule has 0 aromatic rings. The summed E-state index contributed by atoms with van der Waals surface area (Å²) in [6.07, 6.45) is 12.0. The van der Waals surface area contributed by atoms with Crippen molar-refractivity contribution in [2.45, 2.75) is 97.5 Å². The van der Waals surface area contributed by atoms with Gasteiger partial charge in [0.05, 0.1) is 12.5 Å².